The number of carbonyl (C=O) groups excluding carboxylic acids is 4. The maximum Gasteiger partial charge on any atom is 0.408 e. The van der Waals surface area contributed by atoms with Gasteiger partial charge in [-0.1, -0.05) is 90.4 Å². The van der Waals surface area contributed by atoms with Crippen LogP contribution in [0.2, 0.25) is 0 Å². The zero-order valence-electron chi connectivity index (χ0n) is 34.8. The molecule has 0 aromatic rings. The van der Waals surface area contributed by atoms with Crippen molar-refractivity contribution >= 4 is 35.5 Å². The Morgan fingerprint density at radius 3 is 1.73 bits per heavy atom. The molecule has 0 fully saturated rings. The first-order valence-electron chi connectivity index (χ1n) is 20.4. The Balaban J connectivity index is 4.63. The highest BCUT2D eigenvalue weighted by Crippen LogP contribution is 2.15. The Morgan fingerprint density at radius 1 is 0.654 bits per heavy atom. The Bertz CT molecular complexity index is 950. The molecule has 0 aromatic heterocycles. The van der Waals surface area contributed by atoms with Crippen molar-refractivity contribution in [2.75, 3.05) is 45.4 Å². The van der Waals surface area contributed by atoms with Crippen molar-refractivity contribution in [2.24, 2.45) is 0 Å². The Kier molecular flexibility index (Phi) is 29.4. The van der Waals surface area contributed by atoms with Crippen LogP contribution in [0.1, 0.15) is 170 Å². The average Bonchev–Trinajstić information content (AvgIpc) is 3.04. The van der Waals surface area contributed by atoms with Gasteiger partial charge in [0.05, 0.1) is 18.8 Å². The number of esters is 1. The van der Waals surface area contributed by atoms with Gasteiger partial charge in [-0.3, -0.25) is 14.4 Å². The van der Waals surface area contributed by atoms with Crippen molar-refractivity contribution in [3.05, 3.63) is 0 Å². The molecule has 306 valence electrons. The van der Waals surface area contributed by atoms with E-state index in [4.69, 9.17) is 14.2 Å². The molecule has 0 aliphatic heterocycles. The molecule has 0 aromatic carbocycles. The lowest BCUT2D eigenvalue weighted by molar-refractivity contribution is -0.143. The number of nitrogens with one attached hydrogen (secondary N) is 2. The Labute approximate surface area is 322 Å². The summed E-state index contributed by atoms with van der Waals surface area (Å²) in [6.45, 7) is 14.6. The van der Waals surface area contributed by atoms with Crippen LogP contribution in [0.4, 0.5) is 4.79 Å². The van der Waals surface area contributed by atoms with Gasteiger partial charge in [-0.25, -0.2) is 4.79 Å². The van der Waals surface area contributed by atoms with E-state index < -0.39 is 35.3 Å². The molecule has 2 N–H and O–H groups in total. The second kappa shape index (κ2) is 30.5. The number of hydrogen-bond donors (Lipinski definition) is 2. The van der Waals surface area contributed by atoms with Gasteiger partial charge in [0.2, 0.25) is 5.91 Å². The zero-order chi connectivity index (χ0) is 39.3. The number of Topliss-reactive ketones (excluding diaryl/α,β-unsaturated/α-hetero) is 1. The molecule has 2 atom stereocenters. The van der Waals surface area contributed by atoms with E-state index >= 15 is 0 Å². The van der Waals surface area contributed by atoms with Crippen LogP contribution in [-0.4, -0.2) is 97.3 Å². The van der Waals surface area contributed by atoms with Crippen LogP contribution in [0.3, 0.4) is 0 Å². The molecule has 0 rings (SSSR count). The Morgan fingerprint density at radius 2 is 1.21 bits per heavy atom. The molecule has 0 aliphatic carbocycles. The molecule has 0 bridgehead atoms. The predicted octanol–water partition coefficient (Wildman–Crippen LogP) is 9.02. The van der Waals surface area contributed by atoms with Crippen LogP contribution in [0.25, 0.3) is 0 Å². The smallest absolute Gasteiger partial charge is 0.408 e. The van der Waals surface area contributed by atoms with E-state index in [9.17, 15) is 19.2 Å². The van der Waals surface area contributed by atoms with E-state index in [0.29, 0.717) is 38.0 Å². The maximum absolute atomic E-state index is 13.5. The van der Waals surface area contributed by atoms with E-state index in [1.54, 1.807) is 20.8 Å². The van der Waals surface area contributed by atoms with E-state index in [-0.39, 0.29) is 24.1 Å². The van der Waals surface area contributed by atoms with Crippen molar-refractivity contribution in [1.29, 1.82) is 0 Å². The van der Waals surface area contributed by atoms with Gasteiger partial charge in [-0.05, 0) is 93.6 Å². The fraction of sp³-hybridized carbons (Fsp3) is 0.902. The fourth-order valence-corrected chi connectivity index (χ4v) is 6.42. The first-order chi connectivity index (χ1) is 24.5. The van der Waals surface area contributed by atoms with Crippen LogP contribution in [0.5, 0.6) is 0 Å². The summed E-state index contributed by atoms with van der Waals surface area (Å²) in [5.74, 6) is 0.0722. The third kappa shape index (κ3) is 32.8. The highest BCUT2D eigenvalue weighted by atomic mass is 32.2. The first kappa shape index (κ1) is 50.1. The zero-order valence-corrected chi connectivity index (χ0v) is 35.7. The molecule has 52 heavy (non-hydrogen) atoms. The highest BCUT2D eigenvalue weighted by Gasteiger charge is 2.29. The summed E-state index contributed by atoms with van der Waals surface area (Å²) < 4.78 is 16.8. The van der Waals surface area contributed by atoms with Crippen LogP contribution in [0, 0.1) is 0 Å². The number of carbonyl (C=O) groups is 4. The van der Waals surface area contributed by atoms with Crippen LogP contribution in [-0.2, 0) is 28.6 Å². The maximum atomic E-state index is 13.5. The van der Waals surface area contributed by atoms with Crippen molar-refractivity contribution in [2.45, 2.75) is 194 Å². The quantitative estimate of drug-likeness (QED) is 0.0511. The minimum atomic E-state index is -0.939. The standard InChI is InChI=1S/C41H79N3O7S/c1-10-11-12-13-14-15-16-17-18-19-20-21-22-25-30-49-37(46)28-26-31-52-33-35(43-39(48)51-41(5,6)7)38(47)42-34(32-50-40(2,3)4)36(45)27-23-24-29-44(8)9/h34-35H,10-33H2,1-9H3,(H,42,47)(H,43,48)/t34-,35-/m0/s1. The fourth-order valence-electron chi connectivity index (χ4n) is 5.43. The van der Waals surface area contributed by atoms with Crippen molar-refractivity contribution in [3.8, 4) is 0 Å². The predicted molar refractivity (Wildman–Crippen MR) is 216 cm³/mol. The van der Waals surface area contributed by atoms with Crippen LogP contribution in [0.15, 0.2) is 0 Å². The molecule has 0 radical (unpaired) electrons. The first-order valence-corrected chi connectivity index (χ1v) is 21.5. The topological polar surface area (TPSA) is 123 Å². The summed E-state index contributed by atoms with van der Waals surface area (Å²) in [5.41, 5.74) is -1.23. The number of ketones is 1. The lowest BCUT2D eigenvalue weighted by atomic mass is 10.0. The molecule has 0 saturated heterocycles. The van der Waals surface area contributed by atoms with Crippen molar-refractivity contribution in [3.63, 3.8) is 0 Å². The monoisotopic (exact) mass is 758 g/mol. The lowest BCUT2D eigenvalue weighted by Crippen LogP contribution is -2.54. The van der Waals surface area contributed by atoms with Gasteiger partial charge in [0, 0.05) is 18.6 Å². The number of unbranched alkanes of at least 4 members (excludes halogenated alkanes) is 14. The normalized spacial score (nSPS) is 13.1. The molecule has 0 saturated carbocycles. The molecule has 10 nitrogen and oxygen atoms in total. The molecular formula is C41H79N3O7S. The minimum absolute atomic E-state index is 0.0372. The summed E-state index contributed by atoms with van der Waals surface area (Å²) >= 11 is 1.45. The SMILES string of the molecule is CCCCCCCCCCCCCCCCOC(=O)CCCSC[C@H](NC(=O)OC(C)(C)C)C(=O)N[C@@H](COC(C)(C)C)C(=O)CCCCN(C)C. The molecule has 0 aliphatic rings. The number of thioether (sulfide) groups is 1. The number of nitrogens with zero attached hydrogens (tertiary/aromatic N) is 1. The van der Waals surface area contributed by atoms with Crippen LogP contribution < -0.4 is 10.6 Å². The largest absolute Gasteiger partial charge is 0.466 e. The molecule has 0 heterocycles. The van der Waals surface area contributed by atoms with Crippen molar-refractivity contribution in [1.82, 2.24) is 15.5 Å². The number of alkyl carbamates (subject to hydrolysis) is 1. The Hall–Kier alpha value is -1.85. The number of ether oxygens (including phenoxy) is 3. The number of hydrogen-bond acceptors (Lipinski definition) is 9. The summed E-state index contributed by atoms with van der Waals surface area (Å²) in [7, 11) is 3.98. The van der Waals surface area contributed by atoms with Crippen LogP contribution >= 0.6 is 11.8 Å². The van der Waals surface area contributed by atoms with E-state index in [1.165, 1.54) is 88.8 Å². The van der Waals surface area contributed by atoms with Gasteiger partial charge >= 0.3 is 12.1 Å². The number of rotatable bonds is 32. The summed E-state index contributed by atoms with van der Waals surface area (Å²) in [6, 6.07) is -1.78. The summed E-state index contributed by atoms with van der Waals surface area (Å²) in [5, 5.41) is 5.53. The second-order valence-corrected chi connectivity index (χ2v) is 17.6. The second-order valence-electron chi connectivity index (χ2n) is 16.4. The molecule has 0 unspecified atom stereocenters. The van der Waals surface area contributed by atoms with E-state index in [1.807, 2.05) is 34.9 Å². The van der Waals surface area contributed by atoms with E-state index in [2.05, 4.69) is 22.5 Å². The molecule has 0 spiro atoms. The molecule has 11 heteroatoms. The van der Waals surface area contributed by atoms with Gasteiger partial charge in [0.25, 0.3) is 0 Å². The lowest BCUT2D eigenvalue weighted by Gasteiger charge is -2.27. The summed E-state index contributed by atoms with van der Waals surface area (Å²) in [4.78, 5) is 53.7. The summed E-state index contributed by atoms with van der Waals surface area (Å²) in [6.07, 6.45) is 20.1. The third-order valence-corrected chi connectivity index (χ3v) is 9.54. The van der Waals surface area contributed by atoms with Gasteiger partial charge < -0.3 is 29.7 Å². The van der Waals surface area contributed by atoms with Gasteiger partial charge in [0.15, 0.2) is 5.78 Å². The van der Waals surface area contributed by atoms with E-state index in [0.717, 1.165) is 25.8 Å². The van der Waals surface area contributed by atoms with Gasteiger partial charge in [-0.15, -0.1) is 0 Å². The minimum Gasteiger partial charge on any atom is -0.466 e. The number of amides is 2. The highest BCUT2D eigenvalue weighted by molar-refractivity contribution is 7.99. The molecular weight excluding hydrogens is 679 g/mol. The van der Waals surface area contributed by atoms with Crippen molar-refractivity contribution < 1.29 is 33.4 Å². The van der Waals surface area contributed by atoms with Gasteiger partial charge in [-0.2, -0.15) is 11.8 Å². The average molecular weight is 758 g/mol. The molecule has 2 amide bonds. The van der Waals surface area contributed by atoms with Gasteiger partial charge in [0.1, 0.15) is 17.7 Å². The third-order valence-electron chi connectivity index (χ3n) is 8.39.